The number of nitrogens with zero attached hydrogens (tertiary/aromatic N) is 1. The van der Waals surface area contributed by atoms with Crippen LogP contribution in [0.2, 0.25) is 0 Å². The van der Waals surface area contributed by atoms with E-state index in [9.17, 15) is 0 Å². The van der Waals surface area contributed by atoms with Crippen molar-refractivity contribution in [2.75, 3.05) is 0 Å². The van der Waals surface area contributed by atoms with Gasteiger partial charge in [0, 0.05) is 26.3 Å². The van der Waals surface area contributed by atoms with Gasteiger partial charge >= 0.3 is 0 Å². The Labute approximate surface area is 128 Å². The van der Waals surface area contributed by atoms with Gasteiger partial charge in [0.25, 0.3) is 0 Å². The molecule has 2 aromatic carbocycles. The van der Waals surface area contributed by atoms with Gasteiger partial charge in [0.2, 0.25) is 0 Å². The number of rotatable bonds is 1. The summed E-state index contributed by atoms with van der Waals surface area (Å²) in [6, 6.07) is 19.5. The largest absolute Gasteiger partial charge is 0.304 e. The van der Waals surface area contributed by atoms with Gasteiger partial charge in [-0.25, -0.2) is 0 Å². The zero-order chi connectivity index (χ0) is 11.7. The Bertz CT molecular complexity index is 659. The van der Waals surface area contributed by atoms with Gasteiger partial charge in [-0.05, 0) is 22.5 Å². The number of hydrogen-bond acceptors (Lipinski definition) is 1. The van der Waals surface area contributed by atoms with Crippen molar-refractivity contribution in [2.24, 2.45) is 0 Å². The fourth-order valence-corrected chi connectivity index (χ4v) is 2.13. The van der Waals surface area contributed by atoms with Crippen molar-refractivity contribution in [3.05, 3.63) is 65.3 Å². The maximum Gasteiger partial charge on any atom is 0.0167 e. The second-order valence-electron chi connectivity index (χ2n) is 3.80. The number of aromatic nitrogens is 1. The van der Waals surface area contributed by atoms with E-state index in [1.807, 2.05) is 42.6 Å². The Morgan fingerprint density at radius 1 is 1.00 bits per heavy atom. The number of halogens is 1. The second kappa shape index (κ2) is 5.75. The molecule has 0 unspecified atom stereocenters. The van der Waals surface area contributed by atoms with Gasteiger partial charge in [-0.1, -0.05) is 28.7 Å². The minimum absolute atomic E-state index is 0. The van der Waals surface area contributed by atoms with Crippen LogP contribution in [0.25, 0.3) is 22.0 Å². The smallest absolute Gasteiger partial charge is 0.0167 e. The van der Waals surface area contributed by atoms with Gasteiger partial charge in [0.15, 0.2) is 0 Å². The van der Waals surface area contributed by atoms with Crippen molar-refractivity contribution in [3.63, 3.8) is 0 Å². The van der Waals surface area contributed by atoms with E-state index in [1.54, 1.807) is 0 Å². The quantitative estimate of drug-likeness (QED) is 0.474. The summed E-state index contributed by atoms with van der Waals surface area (Å²) in [5, 5.41) is 2.36. The SMILES string of the molecule is Brc1c[c-]c(-c2nccc3ccccc23)cc1.[Ir]. The van der Waals surface area contributed by atoms with Gasteiger partial charge < -0.3 is 4.98 Å². The molecule has 18 heavy (non-hydrogen) atoms. The topological polar surface area (TPSA) is 12.9 Å². The zero-order valence-corrected chi connectivity index (χ0v) is 13.3. The first-order valence-electron chi connectivity index (χ1n) is 5.36. The molecular formula is C15H9BrIrN-. The molecule has 3 aromatic rings. The Morgan fingerprint density at radius 2 is 1.83 bits per heavy atom. The molecule has 1 radical (unpaired) electrons. The van der Waals surface area contributed by atoms with Crippen LogP contribution in [0, 0.1) is 6.07 Å². The molecule has 1 heterocycles. The van der Waals surface area contributed by atoms with Crippen LogP contribution in [0.3, 0.4) is 0 Å². The minimum Gasteiger partial charge on any atom is -0.304 e. The summed E-state index contributed by atoms with van der Waals surface area (Å²) in [5.74, 6) is 0. The van der Waals surface area contributed by atoms with Crippen molar-refractivity contribution in [1.29, 1.82) is 0 Å². The van der Waals surface area contributed by atoms with Crippen molar-refractivity contribution in [3.8, 4) is 11.3 Å². The molecule has 0 spiro atoms. The average molecular weight is 475 g/mol. The summed E-state index contributed by atoms with van der Waals surface area (Å²) in [4.78, 5) is 4.46. The van der Waals surface area contributed by atoms with Crippen LogP contribution in [0.4, 0.5) is 0 Å². The molecule has 91 valence electrons. The predicted octanol–water partition coefficient (Wildman–Crippen LogP) is 4.46. The first-order valence-corrected chi connectivity index (χ1v) is 6.15. The first kappa shape index (κ1) is 13.4. The third-order valence-electron chi connectivity index (χ3n) is 2.70. The zero-order valence-electron chi connectivity index (χ0n) is 9.35. The van der Waals surface area contributed by atoms with E-state index < -0.39 is 0 Å². The van der Waals surface area contributed by atoms with E-state index in [1.165, 1.54) is 5.39 Å². The molecule has 0 bridgehead atoms. The molecule has 0 N–H and O–H groups in total. The van der Waals surface area contributed by atoms with Crippen LogP contribution >= 0.6 is 15.9 Å². The monoisotopic (exact) mass is 475 g/mol. The Kier molecular flexibility index (Phi) is 4.28. The van der Waals surface area contributed by atoms with Gasteiger partial charge in [-0.2, -0.15) is 0 Å². The Morgan fingerprint density at radius 3 is 2.61 bits per heavy atom. The van der Waals surface area contributed by atoms with Crippen molar-refractivity contribution < 1.29 is 20.1 Å². The summed E-state index contributed by atoms with van der Waals surface area (Å²) >= 11 is 3.42. The molecule has 1 nitrogen and oxygen atoms in total. The number of fused-ring (bicyclic) bond motifs is 1. The van der Waals surface area contributed by atoms with E-state index >= 15 is 0 Å². The summed E-state index contributed by atoms with van der Waals surface area (Å²) in [7, 11) is 0. The van der Waals surface area contributed by atoms with Crippen molar-refractivity contribution in [2.45, 2.75) is 0 Å². The van der Waals surface area contributed by atoms with E-state index in [-0.39, 0.29) is 20.1 Å². The van der Waals surface area contributed by atoms with Crippen LogP contribution in [-0.4, -0.2) is 4.98 Å². The summed E-state index contributed by atoms with van der Waals surface area (Å²) in [5.41, 5.74) is 2.00. The molecule has 0 amide bonds. The van der Waals surface area contributed by atoms with Gasteiger partial charge in [-0.15, -0.1) is 45.8 Å². The van der Waals surface area contributed by atoms with E-state index in [4.69, 9.17) is 0 Å². The van der Waals surface area contributed by atoms with Crippen LogP contribution < -0.4 is 0 Å². The standard InChI is InChI=1S/C15H9BrN.Ir/c16-13-7-5-12(6-8-13)15-14-4-2-1-3-11(14)9-10-17-15;/h1-5,7-10H;/q-1;. The van der Waals surface area contributed by atoms with E-state index in [0.717, 1.165) is 21.1 Å². The van der Waals surface area contributed by atoms with Crippen LogP contribution in [0.15, 0.2) is 59.2 Å². The molecule has 3 rings (SSSR count). The average Bonchev–Trinajstić information content (AvgIpc) is 2.39. The van der Waals surface area contributed by atoms with Crippen molar-refractivity contribution >= 4 is 26.7 Å². The fourth-order valence-electron chi connectivity index (χ4n) is 1.89. The second-order valence-corrected chi connectivity index (χ2v) is 4.72. The Balaban J connectivity index is 0.00000120. The molecule has 1 aromatic heterocycles. The van der Waals surface area contributed by atoms with E-state index in [0.29, 0.717) is 0 Å². The molecule has 0 aliphatic heterocycles. The third kappa shape index (κ3) is 2.54. The molecular weight excluding hydrogens is 466 g/mol. The summed E-state index contributed by atoms with van der Waals surface area (Å²) in [6.45, 7) is 0. The molecule has 0 fully saturated rings. The maximum atomic E-state index is 4.46. The van der Waals surface area contributed by atoms with Crippen LogP contribution in [-0.2, 0) is 20.1 Å². The number of hydrogen-bond donors (Lipinski definition) is 0. The van der Waals surface area contributed by atoms with Crippen LogP contribution in [0.1, 0.15) is 0 Å². The minimum atomic E-state index is 0. The molecule has 0 aliphatic carbocycles. The Hall–Kier alpha value is -1.02. The molecule has 0 aliphatic rings. The normalized spacial score (nSPS) is 10.1. The molecule has 0 atom stereocenters. The third-order valence-corrected chi connectivity index (χ3v) is 3.20. The number of benzene rings is 2. The summed E-state index contributed by atoms with van der Waals surface area (Å²) < 4.78 is 1.03. The molecule has 0 saturated heterocycles. The molecule has 0 saturated carbocycles. The van der Waals surface area contributed by atoms with Crippen LogP contribution in [0.5, 0.6) is 0 Å². The fraction of sp³-hybridized carbons (Fsp3) is 0. The summed E-state index contributed by atoms with van der Waals surface area (Å²) in [6.07, 6.45) is 1.84. The van der Waals surface area contributed by atoms with Gasteiger partial charge in [0.05, 0.1) is 0 Å². The maximum absolute atomic E-state index is 4.46. The van der Waals surface area contributed by atoms with Crippen molar-refractivity contribution in [1.82, 2.24) is 4.98 Å². The van der Waals surface area contributed by atoms with E-state index in [2.05, 4.69) is 39.1 Å². The van der Waals surface area contributed by atoms with Gasteiger partial charge in [0.1, 0.15) is 0 Å². The van der Waals surface area contributed by atoms with Gasteiger partial charge in [-0.3, -0.25) is 0 Å². The molecule has 3 heteroatoms. The first-order chi connectivity index (χ1) is 8.34. The number of pyridine rings is 1. The predicted molar refractivity (Wildman–Crippen MR) is 73.7 cm³/mol.